The monoisotopic (exact) mass is 251 g/mol. The van der Waals surface area contributed by atoms with Crippen molar-refractivity contribution in [3.05, 3.63) is 0 Å². The summed E-state index contributed by atoms with van der Waals surface area (Å²) in [4.78, 5) is 9.17. The van der Waals surface area contributed by atoms with Gasteiger partial charge < -0.3 is 23.0 Å². The molecule has 0 radical (unpaired) electrons. The molecule has 0 heterocycles. The second-order valence-electron chi connectivity index (χ2n) is 1.94. The van der Waals surface area contributed by atoms with Crippen LogP contribution in [-0.2, 0) is 22.7 Å². The van der Waals surface area contributed by atoms with Crippen LogP contribution in [0.25, 0.3) is 0 Å². The molecule has 0 N–H and O–H groups in total. The summed E-state index contributed by atoms with van der Waals surface area (Å²) >= 11 is 5.37. The molecule has 2 atom stereocenters. The van der Waals surface area contributed by atoms with E-state index in [0.717, 1.165) is 21.3 Å². The molecule has 0 aliphatic rings. The van der Waals surface area contributed by atoms with Crippen LogP contribution in [0, 0.1) is 0 Å². The van der Waals surface area contributed by atoms with Gasteiger partial charge in [0.2, 0.25) is 0 Å². The highest BCUT2D eigenvalue weighted by atomic mass is 35.5. The Morgan fingerprint density at radius 2 is 1.54 bits per heavy atom. The molecule has 9 heteroatoms. The van der Waals surface area contributed by atoms with Crippen molar-refractivity contribution in [2.24, 2.45) is 0 Å². The summed E-state index contributed by atoms with van der Waals surface area (Å²) < 4.78 is 35.3. The Bertz CT molecular complexity index is 247. The van der Waals surface area contributed by atoms with E-state index in [2.05, 4.69) is 13.6 Å². The van der Waals surface area contributed by atoms with Gasteiger partial charge in [0, 0.05) is 21.3 Å². The van der Waals surface area contributed by atoms with Crippen LogP contribution in [0.4, 0.5) is 0 Å². The second kappa shape index (κ2) is 4.89. The summed E-state index contributed by atoms with van der Waals surface area (Å²) in [5, 5.41) is 0. The molecule has 0 saturated heterocycles. The van der Waals surface area contributed by atoms with Crippen molar-refractivity contribution in [3.8, 4) is 0 Å². The highest BCUT2D eigenvalue weighted by Gasteiger charge is 2.40. The lowest BCUT2D eigenvalue weighted by Gasteiger charge is -2.29. The molecule has 0 aromatic heterocycles. The fourth-order valence-corrected chi connectivity index (χ4v) is 4.13. The van der Waals surface area contributed by atoms with Crippen LogP contribution in [-0.4, -0.2) is 26.2 Å². The first-order valence-corrected chi connectivity index (χ1v) is 6.71. The number of halogens is 1. The predicted molar refractivity (Wildman–Crippen MR) is 45.9 cm³/mol. The van der Waals surface area contributed by atoms with Gasteiger partial charge in [-0.2, -0.15) is 0 Å². The van der Waals surface area contributed by atoms with Crippen molar-refractivity contribution < 1.29 is 27.6 Å². The van der Waals surface area contributed by atoms with Gasteiger partial charge in [-0.05, 0) is 0 Å². The third-order valence-corrected chi connectivity index (χ3v) is 6.99. The maximum atomic E-state index is 11.4. The number of rotatable bonds is 5. The van der Waals surface area contributed by atoms with E-state index in [1.165, 1.54) is 0 Å². The molecular weight excluding hydrogens is 241 g/mol. The average molecular weight is 252 g/mol. The van der Waals surface area contributed by atoms with Gasteiger partial charge in [-0.25, -0.2) is 0 Å². The highest BCUT2D eigenvalue weighted by Crippen LogP contribution is 2.66. The molecule has 6 nitrogen and oxygen atoms in total. The van der Waals surface area contributed by atoms with Crippen LogP contribution in [0.2, 0.25) is 0 Å². The summed E-state index contributed by atoms with van der Waals surface area (Å²) in [6, 6.07) is 0. The summed E-state index contributed by atoms with van der Waals surface area (Å²) in [7, 11) is -5.27. The van der Waals surface area contributed by atoms with E-state index >= 15 is 0 Å². The number of hydrogen-bond donors (Lipinski definition) is 0. The predicted octanol–water partition coefficient (Wildman–Crippen LogP) is 1.19. The average Bonchev–Trinajstić information content (AvgIpc) is 2.15. The van der Waals surface area contributed by atoms with Crippen molar-refractivity contribution in [3.63, 3.8) is 0 Å². The summed E-state index contributed by atoms with van der Waals surface area (Å²) in [5.41, 5.74) is 0. The van der Waals surface area contributed by atoms with E-state index in [1.807, 2.05) is 0 Å². The maximum Gasteiger partial charge on any atom is 0.356 e. The molecule has 0 rings (SSSR count). The number of alkyl halides is 1. The Hall–Kier alpha value is 0.590. The van der Waals surface area contributed by atoms with E-state index < -0.39 is 20.1 Å². The Morgan fingerprint density at radius 3 is 1.77 bits per heavy atom. The van der Waals surface area contributed by atoms with Gasteiger partial charge in [0.25, 0.3) is 0 Å². The Labute approximate surface area is 81.2 Å². The van der Waals surface area contributed by atoms with E-state index in [0.29, 0.717) is 0 Å². The molecule has 0 saturated carbocycles. The van der Waals surface area contributed by atoms with Gasteiger partial charge in [0.05, 0.1) is 0 Å². The van der Waals surface area contributed by atoms with Gasteiger partial charge in [-0.1, -0.05) is 11.6 Å². The minimum atomic E-state index is -4.42. The minimum absolute atomic E-state index is 0.915. The molecular formula is C4H10ClO6P2-. The number of hydrogen-bond acceptors (Lipinski definition) is 6. The molecule has 0 aromatic carbocycles. The Balaban J connectivity index is 4.87. The standard InChI is InChI=1S/C4H11ClO6P2/c1-9-12(6,7)4(5)13(8,10-2)11-3/h4H,1-3H3,(H,6,7)/p-1. The summed E-state index contributed by atoms with van der Waals surface area (Å²) in [6.07, 6.45) is 0. The summed E-state index contributed by atoms with van der Waals surface area (Å²) in [6.45, 7) is 0. The van der Waals surface area contributed by atoms with Crippen molar-refractivity contribution >= 4 is 26.8 Å². The van der Waals surface area contributed by atoms with Crippen LogP contribution < -0.4 is 4.89 Å². The van der Waals surface area contributed by atoms with Gasteiger partial charge in [-0.15, -0.1) is 0 Å². The molecule has 0 aromatic rings. The maximum absolute atomic E-state index is 11.4. The molecule has 0 bridgehead atoms. The van der Waals surface area contributed by atoms with Gasteiger partial charge in [-0.3, -0.25) is 4.57 Å². The first kappa shape index (κ1) is 13.6. The Morgan fingerprint density at radius 1 is 1.15 bits per heavy atom. The molecule has 80 valence electrons. The van der Waals surface area contributed by atoms with E-state index in [4.69, 9.17) is 11.6 Å². The van der Waals surface area contributed by atoms with Crippen LogP contribution >= 0.6 is 26.8 Å². The van der Waals surface area contributed by atoms with E-state index in [1.54, 1.807) is 0 Å². The minimum Gasteiger partial charge on any atom is -0.777 e. The lowest BCUT2D eigenvalue weighted by Crippen LogP contribution is -2.15. The van der Waals surface area contributed by atoms with Crippen LogP contribution in [0.15, 0.2) is 0 Å². The normalized spacial score (nSPS) is 19.5. The smallest absolute Gasteiger partial charge is 0.356 e. The van der Waals surface area contributed by atoms with E-state index in [-0.39, 0.29) is 0 Å². The lowest BCUT2D eigenvalue weighted by molar-refractivity contribution is -0.196. The summed E-state index contributed by atoms with van der Waals surface area (Å²) in [5.74, 6) is 0. The third kappa shape index (κ3) is 3.03. The van der Waals surface area contributed by atoms with Crippen LogP contribution in [0.5, 0.6) is 0 Å². The van der Waals surface area contributed by atoms with Crippen LogP contribution in [0.3, 0.4) is 0 Å². The third-order valence-electron chi connectivity index (χ3n) is 1.29. The molecule has 13 heavy (non-hydrogen) atoms. The molecule has 0 aliphatic heterocycles. The molecule has 0 fully saturated rings. The largest absolute Gasteiger partial charge is 0.777 e. The molecule has 0 amide bonds. The fraction of sp³-hybridized carbons (Fsp3) is 1.00. The van der Waals surface area contributed by atoms with E-state index in [9.17, 15) is 14.0 Å². The van der Waals surface area contributed by atoms with Gasteiger partial charge in [0.15, 0.2) is 12.5 Å². The quantitative estimate of drug-likeness (QED) is 0.539. The Kier molecular flexibility index (Phi) is 5.12. The van der Waals surface area contributed by atoms with Crippen LogP contribution in [0.1, 0.15) is 0 Å². The van der Waals surface area contributed by atoms with Crippen molar-refractivity contribution in [2.45, 2.75) is 4.86 Å². The second-order valence-corrected chi connectivity index (χ2v) is 7.68. The van der Waals surface area contributed by atoms with Gasteiger partial charge in [0.1, 0.15) is 0 Å². The first-order valence-electron chi connectivity index (χ1n) is 3.05. The molecule has 2 unspecified atom stereocenters. The van der Waals surface area contributed by atoms with Crippen molar-refractivity contribution in [1.29, 1.82) is 0 Å². The topological polar surface area (TPSA) is 84.9 Å². The van der Waals surface area contributed by atoms with Crippen molar-refractivity contribution in [2.75, 3.05) is 21.3 Å². The zero-order valence-electron chi connectivity index (χ0n) is 7.30. The zero-order chi connectivity index (χ0) is 10.7. The fourth-order valence-electron chi connectivity index (χ4n) is 0.509. The molecule has 0 aliphatic carbocycles. The molecule has 0 spiro atoms. The highest BCUT2D eigenvalue weighted by molar-refractivity contribution is 7.74. The lowest BCUT2D eigenvalue weighted by atomic mass is 11.8. The SMILES string of the molecule is COP(=O)([O-])C(Cl)P(=O)(OC)OC. The zero-order valence-corrected chi connectivity index (χ0v) is 9.84. The van der Waals surface area contributed by atoms with Crippen molar-refractivity contribution in [1.82, 2.24) is 0 Å². The van der Waals surface area contributed by atoms with Gasteiger partial charge >= 0.3 is 7.60 Å². The first-order chi connectivity index (χ1) is 5.84.